The third kappa shape index (κ3) is 5.76. The van der Waals surface area contributed by atoms with Crippen LogP contribution < -0.4 is 10.6 Å². The van der Waals surface area contributed by atoms with Crippen molar-refractivity contribution in [3.8, 4) is 0 Å². The molecular weight excluding hydrogens is 340 g/mol. The number of aryl methyl sites for hydroxylation is 1. The molecule has 1 aliphatic carbocycles. The fourth-order valence-electron chi connectivity index (χ4n) is 4.11. The number of hydrogen-bond donors (Lipinski definition) is 2. The average Bonchev–Trinajstić information content (AvgIpc) is 2.66. The normalized spacial score (nSPS) is 24.4. The standard InChI is InChI=1S/C21H32N4O2/c1-15-7-8-19(22-13-15)24-21(27)17-9-11-25(12-10-17)14-20(26)23-18-6-4-3-5-16(18)2/h7-8,13,16-18H,3-6,9-12,14H2,1-2H3,(H,23,26)(H,22,24,27)/t16-,18-/m0/s1. The molecule has 0 radical (unpaired) electrons. The molecule has 0 unspecified atom stereocenters. The predicted octanol–water partition coefficient (Wildman–Crippen LogP) is 2.74. The van der Waals surface area contributed by atoms with Crippen LogP contribution in [0.4, 0.5) is 5.82 Å². The van der Waals surface area contributed by atoms with E-state index in [0.29, 0.717) is 24.3 Å². The monoisotopic (exact) mass is 372 g/mol. The summed E-state index contributed by atoms with van der Waals surface area (Å²) in [7, 11) is 0. The highest BCUT2D eigenvalue weighted by Crippen LogP contribution is 2.24. The largest absolute Gasteiger partial charge is 0.352 e. The van der Waals surface area contributed by atoms with Crippen LogP contribution >= 0.6 is 0 Å². The van der Waals surface area contributed by atoms with Gasteiger partial charge in [-0.15, -0.1) is 0 Å². The Labute approximate surface area is 162 Å². The van der Waals surface area contributed by atoms with Crippen molar-refractivity contribution in [3.63, 3.8) is 0 Å². The fraction of sp³-hybridized carbons (Fsp3) is 0.667. The van der Waals surface area contributed by atoms with E-state index in [9.17, 15) is 9.59 Å². The Morgan fingerprint density at radius 3 is 2.56 bits per heavy atom. The first-order valence-electron chi connectivity index (χ1n) is 10.3. The number of nitrogens with zero attached hydrogens (tertiary/aromatic N) is 2. The lowest BCUT2D eigenvalue weighted by atomic mass is 9.86. The summed E-state index contributed by atoms with van der Waals surface area (Å²) in [6.07, 6.45) is 8.12. The summed E-state index contributed by atoms with van der Waals surface area (Å²) in [5.41, 5.74) is 1.07. The molecule has 0 bridgehead atoms. The molecule has 1 saturated heterocycles. The number of amides is 2. The quantitative estimate of drug-likeness (QED) is 0.833. The van der Waals surface area contributed by atoms with E-state index in [-0.39, 0.29) is 17.7 Å². The molecule has 1 aromatic heterocycles. The predicted molar refractivity (Wildman–Crippen MR) is 106 cm³/mol. The highest BCUT2D eigenvalue weighted by molar-refractivity contribution is 5.91. The molecule has 2 fully saturated rings. The number of pyridine rings is 1. The highest BCUT2D eigenvalue weighted by atomic mass is 16.2. The van der Waals surface area contributed by atoms with Crippen molar-refractivity contribution in [1.29, 1.82) is 0 Å². The number of aromatic nitrogens is 1. The van der Waals surface area contributed by atoms with E-state index in [4.69, 9.17) is 0 Å². The van der Waals surface area contributed by atoms with Crippen LogP contribution in [0.25, 0.3) is 0 Å². The third-order valence-electron chi connectivity index (χ3n) is 5.95. The van der Waals surface area contributed by atoms with E-state index in [2.05, 4.69) is 27.4 Å². The van der Waals surface area contributed by atoms with Gasteiger partial charge in [0.1, 0.15) is 5.82 Å². The summed E-state index contributed by atoms with van der Waals surface area (Å²) in [6, 6.07) is 4.10. The lowest BCUT2D eigenvalue weighted by molar-refractivity contribution is -0.124. The first-order valence-corrected chi connectivity index (χ1v) is 10.3. The van der Waals surface area contributed by atoms with E-state index in [1.54, 1.807) is 6.20 Å². The van der Waals surface area contributed by atoms with Crippen molar-refractivity contribution in [1.82, 2.24) is 15.2 Å². The Hall–Kier alpha value is -1.95. The van der Waals surface area contributed by atoms with Gasteiger partial charge in [-0.3, -0.25) is 14.5 Å². The van der Waals surface area contributed by atoms with Crippen molar-refractivity contribution >= 4 is 17.6 Å². The lowest BCUT2D eigenvalue weighted by Gasteiger charge is -2.33. The second-order valence-corrected chi connectivity index (χ2v) is 8.20. The van der Waals surface area contributed by atoms with Gasteiger partial charge >= 0.3 is 0 Å². The molecule has 2 amide bonds. The van der Waals surface area contributed by atoms with Crippen LogP contribution in [-0.4, -0.2) is 47.4 Å². The molecule has 2 aliphatic rings. The summed E-state index contributed by atoms with van der Waals surface area (Å²) in [4.78, 5) is 31.2. The van der Waals surface area contributed by atoms with E-state index in [1.807, 2.05) is 19.1 Å². The van der Waals surface area contributed by atoms with Crippen LogP contribution in [0.1, 0.15) is 51.0 Å². The Morgan fingerprint density at radius 1 is 1.15 bits per heavy atom. The van der Waals surface area contributed by atoms with Gasteiger partial charge in [0.15, 0.2) is 0 Å². The van der Waals surface area contributed by atoms with Crippen LogP contribution in [0.5, 0.6) is 0 Å². The van der Waals surface area contributed by atoms with Gasteiger partial charge in [-0.2, -0.15) is 0 Å². The van der Waals surface area contributed by atoms with E-state index < -0.39 is 0 Å². The number of hydrogen-bond acceptors (Lipinski definition) is 4. The maximum Gasteiger partial charge on any atom is 0.234 e. The van der Waals surface area contributed by atoms with Crippen LogP contribution in [-0.2, 0) is 9.59 Å². The molecule has 2 atom stereocenters. The minimum Gasteiger partial charge on any atom is -0.352 e. The first kappa shape index (κ1) is 19.8. The molecular formula is C21H32N4O2. The zero-order valence-electron chi connectivity index (χ0n) is 16.5. The number of carbonyl (C=O) groups excluding carboxylic acids is 2. The highest BCUT2D eigenvalue weighted by Gasteiger charge is 2.27. The van der Waals surface area contributed by atoms with Crippen LogP contribution in [0.3, 0.4) is 0 Å². The Bertz CT molecular complexity index is 638. The average molecular weight is 373 g/mol. The molecule has 2 N–H and O–H groups in total. The molecule has 2 heterocycles. The van der Waals surface area contributed by atoms with Crippen molar-refractivity contribution in [3.05, 3.63) is 23.9 Å². The van der Waals surface area contributed by atoms with E-state index in [0.717, 1.165) is 37.9 Å². The summed E-state index contributed by atoms with van der Waals surface area (Å²) in [5.74, 6) is 1.33. The fourth-order valence-corrected chi connectivity index (χ4v) is 4.11. The van der Waals surface area contributed by atoms with Crippen molar-refractivity contribution in [2.45, 2.75) is 58.4 Å². The second-order valence-electron chi connectivity index (χ2n) is 8.20. The van der Waals surface area contributed by atoms with Crippen molar-refractivity contribution in [2.24, 2.45) is 11.8 Å². The van der Waals surface area contributed by atoms with Gasteiger partial charge in [0.05, 0.1) is 6.54 Å². The first-order chi connectivity index (χ1) is 13.0. The molecule has 6 nitrogen and oxygen atoms in total. The number of carbonyl (C=O) groups is 2. The summed E-state index contributed by atoms with van der Waals surface area (Å²) >= 11 is 0. The van der Waals surface area contributed by atoms with Crippen LogP contribution in [0.15, 0.2) is 18.3 Å². The summed E-state index contributed by atoms with van der Waals surface area (Å²) in [6.45, 7) is 6.22. The minimum atomic E-state index is -0.00854. The van der Waals surface area contributed by atoms with Crippen LogP contribution in [0, 0.1) is 18.8 Å². The van der Waals surface area contributed by atoms with E-state index in [1.165, 1.54) is 19.3 Å². The number of piperidine rings is 1. The zero-order chi connectivity index (χ0) is 19.2. The zero-order valence-corrected chi connectivity index (χ0v) is 16.5. The maximum absolute atomic E-state index is 12.4. The third-order valence-corrected chi connectivity index (χ3v) is 5.95. The lowest BCUT2D eigenvalue weighted by Crippen LogP contribution is -2.47. The Balaban J connectivity index is 1.39. The minimum absolute atomic E-state index is 0.00854. The molecule has 27 heavy (non-hydrogen) atoms. The topological polar surface area (TPSA) is 74.3 Å². The number of rotatable bonds is 5. The number of likely N-dealkylation sites (tertiary alicyclic amines) is 1. The Kier molecular flexibility index (Phi) is 6.83. The van der Waals surface area contributed by atoms with Gasteiger partial charge in [0, 0.05) is 18.2 Å². The molecule has 0 aromatic carbocycles. The second kappa shape index (κ2) is 9.31. The van der Waals surface area contributed by atoms with Gasteiger partial charge < -0.3 is 10.6 Å². The van der Waals surface area contributed by atoms with Gasteiger partial charge in [0.2, 0.25) is 11.8 Å². The number of nitrogens with one attached hydrogen (secondary N) is 2. The van der Waals surface area contributed by atoms with Gasteiger partial charge in [-0.25, -0.2) is 4.98 Å². The molecule has 3 rings (SSSR count). The SMILES string of the molecule is Cc1ccc(NC(=O)C2CCN(CC(=O)N[C@H]3CCCC[C@@H]3C)CC2)nc1. The molecule has 0 spiro atoms. The molecule has 1 aromatic rings. The van der Waals surface area contributed by atoms with Gasteiger partial charge in [-0.05, 0) is 63.2 Å². The molecule has 6 heteroatoms. The molecule has 1 saturated carbocycles. The maximum atomic E-state index is 12.4. The molecule has 148 valence electrons. The number of anilines is 1. The van der Waals surface area contributed by atoms with E-state index >= 15 is 0 Å². The Morgan fingerprint density at radius 2 is 1.89 bits per heavy atom. The van der Waals surface area contributed by atoms with Crippen LogP contribution in [0.2, 0.25) is 0 Å². The van der Waals surface area contributed by atoms with Crippen molar-refractivity contribution in [2.75, 3.05) is 25.0 Å². The van der Waals surface area contributed by atoms with Gasteiger partial charge in [0.25, 0.3) is 0 Å². The van der Waals surface area contributed by atoms with Crippen molar-refractivity contribution < 1.29 is 9.59 Å². The summed E-state index contributed by atoms with van der Waals surface area (Å²) < 4.78 is 0. The smallest absolute Gasteiger partial charge is 0.234 e. The molecule has 1 aliphatic heterocycles. The summed E-state index contributed by atoms with van der Waals surface area (Å²) in [5, 5.41) is 6.12. The van der Waals surface area contributed by atoms with Gasteiger partial charge in [-0.1, -0.05) is 25.8 Å².